The monoisotopic (exact) mass is 445 g/mol. The van der Waals surface area contributed by atoms with E-state index in [0.717, 1.165) is 28.3 Å². The molecule has 0 unspecified atom stereocenters. The average molecular weight is 446 g/mol. The number of methoxy groups -OCH3 is 1. The van der Waals surface area contributed by atoms with Crippen LogP contribution in [0.3, 0.4) is 0 Å². The number of halogens is 1. The van der Waals surface area contributed by atoms with Gasteiger partial charge < -0.3 is 10.1 Å². The van der Waals surface area contributed by atoms with Crippen molar-refractivity contribution in [1.29, 1.82) is 0 Å². The van der Waals surface area contributed by atoms with Crippen LogP contribution in [0, 0.1) is 5.82 Å². The van der Waals surface area contributed by atoms with Gasteiger partial charge >= 0.3 is 0 Å². The smallest absolute Gasteiger partial charge is 0.191 e. The van der Waals surface area contributed by atoms with Crippen molar-refractivity contribution in [3.8, 4) is 22.7 Å². The molecule has 160 valence electrons. The van der Waals surface area contributed by atoms with Crippen molar-refractivity contribution >= 4 is 29.2 Å². The number of hydrazone groups is 1. The van der Waals surface area contributed by atoms with Crippen LogP contribution in [0.15, 0.2) is 90.2 Å². The van der Waals surface area contributed by atoms with Crippen LogP contribution < -0.4 is 15.5 Å². The van der Waals surface area contributed by atoms with Crippen molar-refractivity contribution in [2.45, 2.75) is 0 Å². The van der Waals surface area contributed by atoms with E-state index in [0.29, 0.717) is 10.8 Å². The number of ether oxygens (including phenoxy) is 1. The summed E-state index contributed by atoms with van der Waals surface area (Å²) in [7, 11) is 1.61. The number of anilines is 1. The van der Waals surface area contributed by atoms with Crippen molar-refractivity contribution in [2.75, 3.05) is 12.4 Å². The summed E-state index contributed by atoms with van der Waals surface area (Å²) in [6, 6.07) is 23.3. The molecule has 8 heteroatoms. The summed E-state index contributed by atoms with van der Waals surface area (Å²) in [4.78, 5) is 0. The summed E-state index contributed by atoms with van der Waals surface area (Å²) in [5.41, 5.74) is 6.72. The summed E-state index contributed by atoms with van der Waals surface area (Å²) in [6.07, 6.45) is 3.49. The second-order valence-corrected chi connectivity index (χ2v) is 7.18. The minimum absolute atomic E-state index is 0.303. The zero-order chi connectivity index (χ0) is 22.3. The van der Waals surface area contributed by atoms with Gasteiger partial charge in [0.05, 0.1) is 19.0 Å². The minimum Gasteiger partial charge on any atom is -0.497 e. The number of hydrogen-bond acceptors (Lipinski definition) is 4. The molecule has 0 aliphatic carbocycles. The zero-order valence-electron chi connectivity index (χ0n) is 17.2. The van der Waals surface area contributed by atoms with Gasteiger partial charge in [-0.2, -0.15) is 10.2 Å². The molecule has 0 aliphatic heterocycles. The van der Waals surface area contributed by atoms with Gasteiger partial charge in [0.15, 0.2) is 5.11 Å². The Bertz CT molecular complexity index is 1220. The molecule has 0 amide bonds. The first-order chi connectivity index (χ1) is 15.6. The fourth-order valence-electron chi connectivity index (χ4n) is 3.02. The van der Waals surface area contributed by atoms with Crippen LogP contribution in [-0.4, -0.2) is 28.2 Å². The highest BCUT2D eigenvalue weighted by molar-refractivity contribution is 7.80. The average Bonchev–Trinajstić information content (AvgIpc) is 3.25. The molecule has 0 spiro atoms. The van der Waals surface area contributed by atoms with Crippen LogP contribution in [0.25, 0.3) is 16.9 Å². The molecule has 4 aromatic rings. The van der Waals surface area contributed by atoms with Gasteiger partial charge in [-0.3, -0.25) is 5.43 Å². The molecule has 0 saturated carbocycles. The van der Waals surface area contributed by atoms with Crippen molar-refractivity contribution in [3.63, 3.8) is 0 Å². The maximum absolute atomic E-state index is 13.4. The molecule has 6 nitrogen and oxygen atoms in total. The van der Waals surface area contributed by atoms with Gasteiger partial charge in [-0.25, -0.2) is 9.07 Å². The van der Waals surface area contributed by atoms with Crippen molar-refractivity contribution < 1.29 is 9.13 Å². The van der Waals surface area contributed by atoms with Gasteiger partial charge in [0.2, 0.25) is 0 Å². The van der Waals surface area contributed by atoms with Crippen LogP contribution in [0.1, 0.15) is 5.56 Å². The number of aromatic nitrogens is 2. The maximum atomic E-state index is 13.4. The molecule has 4 rings (SSSR count). The Morgan fingerprint density at radius 1 is 1.03 bits per heavy atom. The van der Waals surface area contributed by atoms with Gasteiger partial charge in [0, 0.05) is 23.0 Å². The maximum Gasteiger partial charge on any atom is 0.191 e. The third kappa shape index (κ3) is 5.16. The van der Waals surface area contributed by atoms with E-state index in [1.807, 2.05) is 60.8 Å². The number of para-hydroxylation sites is 1. The Labute approximate surface area is 190 Å². The summed E-state index contributed by atoms with van der Waals surface area (Å²) < 4.78 is 20.3. The molecule has 0 bridgehead atoms. The third-order valence-electron chi connectivity index (χ3n) is 4.60. The zero-order valence-corrected chi connectivity index (χ0v) is 18.0. The summed E-state index contributed by atoms with van der Waals surface area (Å²) in [5, 5.41) is 12.3. The largest absolute Gasteiger partial charge is 0.497 e. The van der Waals surface area contributed by atoms with E-state index in [2.05, 4.69) is 20.9 Å². The van der Waals surface area contributed by atoms with E-state index in [1.165, 1.54) is 12.1 Å². The normalized spacial score (nSPS) is 10.8. The van der Waals surface area contributed by atoms with Gasteiger partial charge in [-0.1, -0.05) is 18.2 Å². The number of nitrogens with zero attached hydrogens (tertiary/aromatic N) is 3. The molecule has 1 aromatic heterocycles. The lowest BCUT2D eigenvalue weighted by molar-refractivity contribution is 0.415. The van der Waals surface area contributed by atoms with Crippen LogP contribution in [0.2, 0.25) is 0 Å². The van der Waals surface area contributed by atoms with Gasteiger partial charge in [0.25, 0.3) is 0 Å². The number of thiocarbonyl (C=S) groups is 1. The Kier molecular flexibility index (Phi) is 6.52. The molecule has 32 heavy (non-hydrogen) atoms. The highest BCUT2D eigenvalue weighted by atomic mass is 32.1. The Hall–Kier alpha value is -4.04. The fourth-order valence-corrected chi connectivity index (χ4v) is 3.19. The second-order valence-electron chi connectivity index (χ2n) is 6.77. The van der Waals surface area contributed by atoms with Crippen LogP contribution in [-0.2, 0) is 0 Å². The lowest BCUT2D eigenvalue weighted by Crippen LogP contribution is -2.23. The van der Waals surface area contributed by atoms with Crippen molar-refractivity contribution in [2.24, 2.45) is 5.10 Å². The van der Waals surface area contributed by atoms with E-state index in [1.54, 1.807) is 30.1 Å². The first kappa shape index (κ1) is 21.2. The predicted molar refractivity (Wildman–Crippen MR) is 129 cm³/mol. The van der Waals surface area contributed by atoms with E-state index in [-0.39, 0.29) is 5.82 Å². The van der Waals surface area contributed by atoms with Gasteiger partial charge in [0.1, 0.15) is 17.3 Å². The van der Waals surface area contributed by atoms with Crippen LogP contribution >= 0.6 is 12.2 Å². The Balaban J connectivity index is 1.53. The molecule has 2 N–H and O–H groups in total. The highest BCUT2D eigenvalue weighted by Crippen LogP contribution is 2.23. The van der Waals surface area contributed by atoms with Crippen molar-refractivity contribution in [3.05, 3.63) is 96.4 Å². The SMILES string of the molecule is COc1ccc(NC(=S)NN=Cc2cn(-c3ccccc3)nc2-c2ccc(F)cc2)cc1. The topological polar surface area (TPSA) is 63.5 Å². The number of rotatable bonds is 6. The Morgan fingerprint density at radius 2 is 1.75 bits per heavy atom. The predicted octanol–water partition coefficient (Wildman–Crippen LogP) is 5.01. The molecule has 0 saturated heterocycles. The molecular formula is C24H20FN5OS. The van der Waals surface area contributed by atoms with E-state index < -0.39 is 0 Å². The van der Waals surface area contributed by atoms with Crippen LogP contribution in [0.5, 0.6) is 5.75 Å². The molecule has 0 radical (unpaired) electrons. The summed E-state index contributed by atoms with van der Waals surface area (Å²) >= 11 is 5.31. The summed E-state index contributed by atoms with van der Waals surface area (Å²) in [5.74, 6) is 0.458. The first-order valence-electron chi connectivity index (χ1n) is 9.77. The highest BCUT2D eigenvalue weighted by Gasteiger charge is 2.11. The lowest BCUT2D eigenvalue weighted by atomic mass is 10.1. The fraction of sp³-hybridized carbons (Fsp3) is 0.0417. The molecule has 1 heterocycles. The number of nitrogens with one attached hydrogen (secondary N) is 2. The number of benzene rings is 3. The van der Waals surface area contributed by atoms with Gasteiger partial charge in [-0.05, 0) is 72.9 Å². The van der Waals surface area contributed by atoms with Crippen molar-refractivity contribution in [1.82, 2.24) is 15.2 Å². The summed E-state index contributed by atoms with van der Waals surface area (Å²) in [6.45, 7) is 0. The van der Waals surface area contributed by atoms with Crippen LogP contribution in [0.4, 0.5) is 10.1 Å². The molecule has 3 aromatic carbocycles. The quantitative estimate of drug-likeness (QED) is 0.248. The third-order valence-corrected chi connectivity index (χ3v) is 4.79. The minimum atomic E-state index is -0.303. The lowest BCUT2D eigenvalue weighted by Gasteiger charge is -2.07. The standard InChI is InChI=1S/C24H20FN5OS/c1-31-22-13-11-20(12-14-22)27-24(32)28-26-15-18-16-30(21-5-3-2-4-6-21)29-23(18)17-7-9-19(25)10-8-17/h2-16H,1H3,(H2,27,28,32). The molecule has 0 atom stereocenters. The Morgan fingerprint density at radius 3 is 2.44 bits per heavy atom. The van der Waals surface area contributed by atoms with E-state index in [4.69, 9.17) is 17.0 Å². The first-order valence-corrected chi connectivity index (χ1v) is 10.2. The molecule has 0 fully saturated rings. The molecular weight excluding hydrogens is 425 g/mol. The van der Waals surface area contributed by atoms with Gasteiger partial charge in [-0.15, -0.1) is 0 Å². The van der Waals surface area contributed by atoms with E-state index >= 15 is 0 Å². The molecule has 0 aliphatic rings. The number of hydrogen-bond donors (Lipinski definition) is 2. The second kappa shape index (κ2) is 9.84. The van der Waals surface area contributed by atoms with E-state index in [9.17, 15) is 4.39 Å².